The van der Waals surface area contributed by atoms with Gasteiger partial charge in [-0.15, -0.1) is 0 Å². The fourth-order valence-corrected chi connectivity index (χ4v) is 5.96. The summed E-state index contributed by atoms with van der Waals surface area (Å²) in [6.45, 7) is 6.67. The lowest BCUT2D eigenvalue weighted by molar-refractivity contribution is -0.115. The van der Waals surface area contributed by atoms with E-state index in [4.69, 9.17) is 0 Å². The van der Waals surface area contributed by atoms with Crippen LogP contribution in [-0.2, 0) is 17.8 Å². The molecule has 2 amide bonds. The maximum Gasteiger partial charge on any atom is 0.256 e. The van der Waals surface area contributed by atoms with Gasteiger partial charge in [-0.2, -0.15) is 0 Å². The standard InChI is InChI=1S/C32H34FN5O2/c1-20(2)36(3)32(40)26-16-24(33)6-7-29(26)38-19-27(25-8-11-34-17-30(25)38)22-9-12-37(13-10-22)18-21-4-5-23-15-31(39)35-28(23)14-21/h4-8,11,14,16-17,19-20,22H,9-10,12-13,15,18H2,1-3H3,(H,35,39). The van der Waals surface area contributed by atoms with Gasteiger partial charge >= 0.3 is 0 Å². The number of hydrogen-bond donors (Lipinski definition) is 1. The van der Waals surface area contributed by atoms with E-state index >= 15 is 0 Å². The van der Waals surface area contributed by atoms with Gasteiger partial charge in [0.1, 0.15) is 5.82 Å². The number of rotatable bonds is 6. The first-order valence-electron chi connectivity index (χ1n) is 13.9. The van der Waals surface area contributed by atoms with Crippen LogP contribution in [-0.4, -0.2) is 57.3 Å². The van der Waals surface area contributed by atoms with Crippen molar-refractivity contribution in [2.24, 2.45) is 0 Å². The molecule has 6 rings (SSSR count). The second-order valence-electron chi connectivity index (χ2n) is 11.3. The predicted octanol–water partition coefficient (Wildman–Crippen LogP) is 5.52. The van der Waals surface area contributed by atoms with Crippen molar-refractivity contribution in [2.45, 2.75) is 51.6 Å². The van der Waals surface area contributed by atoms with E-state index in [1.165, 1.54) is 23.3 Å². The van der Waals surface area contributed by atoms with Crippen molar-refractivity contribution >= 4 is 28.4 Å². The lowest BCUT2D eigenvalue weighted by Gasteiger charge is -2.32. The highest BCUT2D eigenvalue weighted by Crippen LogP contribution is 2.37. The van der Waals surface area contributed by atoms with Crippen LogP contribution >= 0.6 is 0 Å². The molecule has 0 radical (unpaired) electrons. The van der Waals surface area contributed by atoms with E-state index in [0.717, 1.165) is 54.6 Å². The van der Waals surface area contributed by atoms with Gasteiger partial charge in [0.15, 0.2) is 0 Å². The molecule has 0 bridgehead atoms. The van der Waals surface area contributed by atoms with Crippen molar-refractivity contribution in [3.8, 4) is 5.69 Å². The molecule has 0 aliphatic carbocycles. The third kappa shape index (κ3) is 4.88. The molecule has 0 saturated carbocycles. The van der Waals surface area contributed by atoms with Crippen LogP contribution in [0, 0.1) is 5.82 Å². The van der Waals surface area contributed by atoms with Crippen molar-refractivity contribution in [2.75, 3.05) is 25.5 Å². The zero-order chi connectivity index (χ0) is 28.0. The first-order valence-corrected chi connectivity index (χ1v) is 13.9. The molecule has 4 heterocycles. The number of hydrogen-bond acceptors (Lipinski definition) is 4. The Hall–Kier alpha value is -4.04. The molecule has 1 saturated heterocycles. The summed E-state index contributed by atoms with van der Waals surface area (Å²) in [5.41, 5.74) is 6.36. The number of carbonyl (C=O) groups is 2. The number of nitrogens with one attached hydrogen (secondary N) is 1. The number of likely N-dealkylation sites (tertiary alicyclic amines) is 1. The quantitative estimate of drug-likeness (QED) is 0.350. The smallest absolute Gasteiger partial charge is 0.256 e. The highest BCUT2D eigenvalue weighted by Gasteiger charge is 2.27. The van der Waals surface area contributed by atoms with Crippen LogP contribution in [0.5, 0.6) is 0 Å². The monoisotopic (exact) mass is 539 g/mol. The topological polar surface area (TPSA) is 70.5 Å². The molecule has 4 aromatic rings. The third-order valence-electron chi connectivity index (χ3n) is 8.42. The van der Waals surface area contributed by atoms with Gasteiger partial charge in [-0.3, -0.25) is 19.5 Å². The van der Waals surface area contributed by atoms with Crippen molar-refractivity contribution in [3.63, 3.8) is 0 Å². The Morgan fingerprint density at radius 3 is 2.73 bits per heavy atom. The Kier molecular flexibility index (Phi) is 6.88. The number of fused-ring (bicyclic) bond motifs is 2. The van der Waals surface area contributed by atoms with Gasteiger partial charge in [-0.25, -0.2) is 4.39 Å². The largest absolute Gasteiger partial charge is 0.339 e. The lowest BCUT2D eigenvalue weighted by atomic mass is 9.89. The highest BCUT2D eigenvalue weighted by molar-refractivity contribution is 5.99. The van der Waals surface area contributed by atoms with E-state index in [9.17, 15) is 14.0 Å². The molecular formula is C32H34FN5O2. The average molecular weight is 540 g/mol. The predicted molar refractivity (Wildman–Crippen MR) is 154 cm³/mol. The molecule has 2 aliphatic rings. The van der Waals surface area contributed by atoms with Crippen LogP contribution < -0.4 is 5.32 Å². The number of amides is 2. The Morgan fingerprint density at radius 1 is 1.15 bits per heavy atom. The summed E-state index contributed by atoms with van der Waals surface area (Å²) in [4.78, 5) is 33.5. The highest BCUT2D eigenvalue weighted by atomic mass is 19.1. The van der Waals surface area contributed by atoms with Gasteiger partial charge < -0.3 is 14.8 Å². The van der Waals surface area contributed by atoms with E-state index in [1.807, 2.05) is 30.7 Å². The summed E-state index contributed by atoms with van der Waals surface area (Å²) in [5.74, 6) is -0.223. The molecule has 2 aliphatic heterocycles. The molecule has 1 fully saturated rings. The summed E-state index contributed by atoms with van der Waals surface area (Å²) < 4.78 is 16.4. The molecule has 8 heteroatoms. The molecule has 0 atom stereocenters. The van der Waals surface area contributed by atoms with Crippen LogP contribution in [0.2, 0.25) is 0 Å². The SMILES string of the molecule is CC(C)N(C)C(=O)c1cc(F)ccc1-n1cc(C2CCN(Cc3ccc4c(c3)NC(=O)C4)CC2)c2ccncc21. The van der Waals surface area contributed by atoms with E-state index in [2.05, 4.69) is 39.6 Å². The lowest BCUT2D eigenvalue weighted by Crippen LogP contribution is -2.33. The van der Waals surface area contributed by atoms with Gasteiger partial charge in [-0.1, -0.05) is 12.1 Å². The Labute approximate surface area is 233 Å². The number of anilines is 1. The number of nitrogens with zero attached hydrogens (tertiary/aromatic N) is 4. The van der Waals surface area contributed by atoms with Crippen LogP contribution in [0.1, 0.15) is 59.7 Å². The summed E-state index contributed by atoms with van der Waals surface area (Å²) in [6, 6.07) is 12.8. The maximum absolute atomic E-state index is 14.4. The number of benzene rings is 2. The average Bonchev–Trinajstić information content (AvgIpc) is 3.52. The summed E-state index contributed by atoms with van der Waals surface area (Å²) in [5, 5.41) is 4.07. The first kappa shape index (κ1) is 26.2. The number of carbonyl (C=O) groups excluding carboxylic acids is 2. The van der Waals surface area contributed by atoms with Gasteiger partial charge in [0.05, 0.1) is 29.4 Å². The number of aromatic nitrogens is 2. The van der Waals surface area contributed by atoms with Crippen LogP contribution in [0.4, 0.5) is 10.1 Å². The van der Waals surface area contributed by atoms with Crippen LogP contribution in [0.15, 0.2) is 61.1 Å². The fourth-order valence-electron chi connectivity index (χ4n) is 5.96. The minimum absolute atomic E-state index is 0.0111. The molecule has 206 valence electrons. The molecule has 0 spiro atoms. The second kappa shape index (κ2) is 10.5. The fraction of sp³-hybridized carbons (Fsp3) is 0.344. The molecular weight excluding hydrogens is 505 g/mol. The number of halogens is 1. The van der Waals surface area contributed by atoms with Gasteiger partial charge in [0.2, 0.25) is 5.91 Å². The number of pyridine rings is 1. The molecule has 7 nitrogen and oxygen atoms in total. The van der Waals surface area contributed by atoms with Gasteiger partial charge in [0.25, 0.3) is 5.91 Å². The van der Waals surface area contributed by atoms with E-state index < -0.39 is 5.82 Å². The van der Waals surface area contributed by atoms with Crippen molar-refractivity contribution < 1.29 is 14.0 Å². The minimum atomic E-state index is -0.433. The van der Waals surface area contributed by atoms with Gasteiger partial charge in [-0.05, 0) is 92.7 Å². The first-order chi connectivity index (χ1) is 19.3. The zero-order valence-electron chi connectivity index (χ0n) is 23.2. The van der Waals surface area contributed by atoms with E-state index in [-0.39, 0.29) is 17.9 Å². The van der Waals surface area contributed by atoms with E-state index in [0.29, 0.717) is 23.6 Å². The maximum atomic E-state index is 14.4. The van der Waals surface area contributed by atoms with Crippen molar-refractivity contribution in [1.82, 2.24) is 19.4 Å². The van der Waals surface area contributed by atoms with E-state index in [1.54, 1.807) is 24.2 Å². The van der Waals surface area contributed by atoms with Crippen LogP contribution in [0.3, 0.4) is 0 Å². The molecule has 40 heavy (non-hydrogen) atoms. The van der Waals surface area contributed by atoms with Crippen molar-refractivity contribution in [1.29, 1.82) is 0 Å². The van der Waals surface area contributed by atoms with Crippen LogP contribution in [0.25, 0.3) is 16.6 Å². The Balaban J connectivity index is 1.25. The Bertz CT molecular complexity index is 1600. The summed E-state index contributed by atoms with van der Waals surface area (Å²) >= 11 is 0. The Morgan fingerprint density at radius 2 is 1.95 bits per heavy atom. The molecule has 2 aromatic heterocycles. The third-order valence-corrected chi connectivity index (χ3v) is 8.42. The van der Waals surface area contributed by atoms with Gasteiger partial charge in [0, 0.05) is 43.1 Å². The zero-order valence-corrected chi connectivity index (χ0v) is 23.2. The summed E-state index contributed by atoms with van der Waals surface area (Å²) in [7, 11) is 1.75. The normalized spacial score (nSPS) is 16.0. The van der Waals surface area contributed by atoms with Crippen molar-refractivity contribution in [3.05, 3.63) is 89.1 Å². The summed E-state index contributed by atoms with van der Waals surface area (Å²) in [6.07, 6.45) is 8.23. The molecule has 1 N–H and O–H groups in total. The molecule has 2 aromatic carbocycles. The minimum Gasteiger partial charge on any atom is -0.339 e. The molecule has 0 unspecified atom stereocenters. The number of piperidine rings is 1. The second-order valence-corrected chi connectivity index (χ2v) is 11.3.